The van der Waals surface area contributed by atoms with Gasteiger partial charge in [0, 0.05) is 0 Å². The van der Waals surface area contributed by atoms with Crippen LogP contribution in [-0.4, -0.2) is 25.3 Å². The standard InChI is InChI=1S/C9H16O3/c1-6-4-7(2)12-8(5-6)9(10)11-3/h6-8H,4-5H2,1-3H3/t6-,7+,8+/m1/s1. The lowest BCUT2D eigenvalue weighted by Crippen LogP contribution is -2.36. The molecule has 1 rings (SSSR count). The van der Waals surface area contributed by atoms with Gasteiger partial charge in [0.25, 0.3) is 0 Å². The molecular formula is C9H16O3. The molecule has 3 nitrogen and oxygen atoms in total. The van der Waals surface area contributed by atoms with Crippen LogP contribution in [0.1, 0.15) is 26.7 Å². The smallest absolute Gasteiger partial charge is 0.334 e. The predicted molar refractivity (Wildman–Crippen MR) is 44.7 cm³/mol. The maximum Gasteiger partial charge on any atom is 0.334 e. The molecule has 12 heavy (non-hydrogen) atoms. The zero-order chi connectivity index (χ0) is 9.14. The van der Waals surface area contributed by atoms with Crippen molar-refractivity contribution in [3.05, 3.63) is 0 Å². The molecule has 0 aliphatic carbocycles. The Bertz CT molecular complexity index is 157. The van der Waals surface area contributed by atoms with E-state index in [1.807, 2.05) is 6.92 Å². The van der Waals surface area contributed by atoms with Crippen molar-refractivity contribution in [2.45, 2.75) is 38.9 Å². The SMILES string of the molecule is COC(=O)[C@@H]1C[C@H](C)C[C@H](C)O1. The monoisotopic (exact) mass is 172 g/mol. The summed E-state index contributed by atoms with van der Waals surface area (Å²) in [5.74, 6) is 0.311. The number of ether oxygens (including phenoxy) is 2. The van der Waals surface area contributed by atoms with E-state index in [-0.39, 0.29) is 18.2 Å². The van der Waals surface area contributed by atoms with E-state index >= 15 is 0 Å². The van der Waals surface area contributed by atoms with Gasteiger partial charge in [0.15, 0.2) is 6.10 Å². The normalized spacial score (nSPS) is 36.1. The van der Waals surface area contributed by atoms with Gasteiger partial charge in [0.05, 0.1) is 13.2 Å². The van der Waals surface area contributed by atoms with Crippen LogP contribution in [0.3, 0.4) is 0 Å². The van der Waals surface area contributed by atoms with Gasteiger partial charge in [-0.3, -0.25) is 0 Å². The molecule has 1 saturated heterocycles. The first-order valence-electron chi connectivity index (χ1n) is 4.36. The first-order chi connectivity index (χ1) is 5.63. The Morgan fingerprint density at radius 2 is 2.08 bits per heavy atom. The summed E-state index contributed by atoms with van der Waals surface area (Å²) in [5.41, 5.74) is 0. The summed E-state index contributed by atoms with van der Waals surface area (Å²) < 4.78 is 10.1. The van der Waals surface area contributed by atoms with E-state index in [0.29, 0.717) is 5.92 Å². The molecule has 0 amide bonds. The second-order valence-electron chi connectivity index (χ2n) is 3.54. The van der Waals surface area contributed by atoms with Crippen molar-refractivity contribution < 1.29 is 14.3 Å². The Hall–Kier alpha value is -0.570. The second kappa shape index (κ2) is 3.90. The Morgan fingerprint density at radius 3 is 2.58 bits per heavy atom. The number of hydrogen-bond donors (Lipinski definition) is 0. The maximum atomic E-state index is 11.1. The van der Waals surface area contributed by atoms with Gasteiger partial charge in [0.2, 0.25) is 0 Å². The fourth-order valence-electron chi connectivity index (χ4n) is 1.70. The minimum atomic E-state index is -0.339. The molecule has 0 N–H and O–H groups in total. The Labute approximate surface area is 73.0 Å². The number of methoxy groups -OCH3 is 1. The average molecular weight is 172 g/mol. The molecule has 0 aromatic rings. The van der Waals surface area contributed by atoms with Gasteiger partial charge >= 0.3 is 5.97 Å². The third kappa shape index (κ3) is 2.21. The molecule has 1 aliphatic rings. The van der Waals surface area contributed by atoms with E-state index < -0.39 is 0 Å². The first kappa shape index (κ1) is 9.52. The van der Waals surface area contributed by atoms with Crippen LogP contribution in [0.5, 0.6) is 0 Å². The Morgan fingerprint density at radius 1 is 1.42 bits per heavy atom. The molecule has 0 radical (unpaired) electrons. The number of rotatable bonds is 1. The molecule has 1 fully saturated rings. The van der Waals surface area contributed by atoms with Gasteiger partial charge < -0.3 is 9.47 Å². The molecule has 0 saturated carbocycles. The van der Waals surface area contributed by atoms with E-state index in [9.17, 15) is 4.79 Å². The molecule has 1 heterocycles. The highest BCUT2D eigenvalue weighted by molar-refractivity contribution is 5.74. The molecular weight excluding hydrogens is 156 g/mol. The van der Waals surface area contributed by atoms with Crippen LogP contribution in [0, 0.1) is 5.92 Å². The molecule has 0 spiro atoms. The Kier molecular flexibility index (Phi) is 3.09. The van der Waals surface area contributed by atoms with Crippen LogP contribution in [0.15, 0.2) is 0 Å². The van der Waals surface area contributed by atoms with Crippen molar-refractivity contribution in [2.24, 2.45) is 5.92 Å². The molecule has 0 aromatic carbocycles. The van der Waals surface area contributed by atoms with Crippen LogP contribution in [0.4, 0.5) is 0 Å². The zero-order valence-corrected chi connectivity index (χ0v) is 7.87. The summed E-state index contributed by atoms with van der Waals surface area (Å²) in [6.45, 7) is 4.13. The number of hydrogen-bond acceptors (Lipinski definition) is 3. The average Bonchev–Trinajstić information content (AvgIpc) is 2.01. The third-order valence-electron chi connectivity index (χ3n) is 2.21. The lowest BCUT2D eigenvalue weighted by Gasteiger charge is -2.30. The summed E-state index contributed by atoms with van der Waals surface area (Å²) in [4.78, 5) is 11.1. The first-order valence-corrected chi connectivity index (χ1v) is 4.36. The summed E-state index contributed by atoms with van der Waals surface area (Å²) in [7, 11) is 1.40. The topological polar surface area (TPSA) is 35.5 Å². The fraction of sp³-hybridized carbons (Fsp3) is 0.889. The minimum Gasteiger partial charge on any atom is -0.467 e. The largest absolute Gasteiger partial charge is 0.467 e. The quantitative estimate of drug-likeness (QED) is 0.560. The van der Waals surface area contributed by atoms with Gasteiger partial charge in [-0.15, -0.1) is 0 Å². The lowest BCUT2D eigenvalue weighted by atomic mass is 9.94. The summed E-state index contributed by atoms with van der Waals surface area (Å²) >= 11 is 0. The second-order valence-corrected chi connectivity index (χ2v) is 3.54. The highest BCUT2D eigenvalue weighted by Crippen LogP contribution is 2.24. The van der Waals surface area contributed by atoms with Gasteiger partial charge in [-0.1, -0.05) is 6.92 Å². The molecule has 3 heteroatoms. The van der Waals surface area contributed by atoms with Crippen molar-refractivity contribution in [3.63, 3.8) is 0 Å². The van der Waals surface area contributed by atoms with E-state index in [1.54, 1.807) is 0 Å². The summed E-state index contributed by atoms with van der Waals surface area (Å²) in [5, 5.41) is 0. The van der Waals surface area contributed by atoms with Crippen molar-refractivity contribution >= 4 is 5.97 Å². The molecule has 70 valence electrons. The zero-order valence-electron chi connectivity index (χ0n) is 7.87. The summed E-state index contributed by atoms with van der Waals surface area (Å²) in [6, 6.07) is 0. The highest BCUT2D eigenvalue weighted by Gasteiger charge is 2.30. The minimum absolute atomic E-state index is 0.179. The van der Waals surface area contributed by atoms with Gasteiger partial charge in [-0.05, 0) is 25.7 Å². The van der Waals surface area contributed by atoms with Crippen LogP contribution >= 0.6 is 0 Å². The van der Waals surface area contributed by atoms with Gasteiger partial charge in [-0.25, -0.2) is 4.79 Å². The number of esters is 1. The van der Waals surface area contributed by atoms with E-state index in [2.05, 4.69) is 11.7 Å². The van der Waals surface area contributed by atoms with Crippen molar-refractivity contribution in [1.82, 2.24) is 0 Å². The number of carbonyl (C=O) groups excluding carboxylic acids is 1. The van der Waals surface area contributed by atoms with Crippen molar-refractivity contribution in [2.75, 3.05) is 7.11 Å². The fourth-order valence-corrected chi connectivity index (χ4v) is 1.70. The molecule has 1 aliphatic heterocycles. The lowest BCUT2D eigenvalue weighted by molar-refractivity contribution is -0.164. The van der Waals surface area contributed by atoms with E-state index in [4.69, 9.17) is 4.74 Å². The number of carbonyl (C=O) groups is 1. The van der Waals surface area contributed by atoms with Crippen molar-refractivity contribution in [1.29, 1.82) is 0 Å². The van der Waals surface area contributed by atoms with Crippen LogP contribution in [0.2, 0.25) is 0 Å². The van der Waals surface area contributed by atoms with E-state index in [1.165, 1.54) is 7.11 Å². The third-order valence-corrected chi connectivity index (χ3v) is 2.21. The molecule has 0 unspecified atom stereocenters. The predicted octanol–water partition coefficient (Wildman–Crippen LogP) is 1.36. The molecule has 3 atom stereocenters. The maximum absolute atomic E-state index is 11.1. The Balaban J connectivity index is 2.49. The van der Waals surface area contributed by atoms with Gasteiger partial charge in [0.1, 0.15) is 0 Å². The van der Waals surface area contributed by atoms with Crippen LogP contribution < -0.4 is 0 Å². The van der Waals surface area contributed by atoms with Crippen LogP contribution in [-0.2, 0) is 14.3 Å². The van der Waals surface area contributed by atoms with Crippen molar-refractivity contribution in [3.8, 4) is 0 Å². The molecule has 0 aromatic heterocycles. The van der Waals surface area contributed by atoms with E-state index in [0.717, 1.165) is 12.8 Å². The highest BCUT2D eigenvalue weighted by atomic mass is 16.6. The summed E-state index contributed by atoms with van der Waals surface area (Å²) in [6.07, 6.45) is 1.66. The van der Waals surface area contributed by atoms with Crippen LogP contribution in [0.25, 0.3) is 0 Å². The molecule has 0 bridgehead atoms. The van der Waals surface area contributed by atoms with Gasteiger partial charge in [-0.2, -0.15) is 0 Å².